The topological polar surface area (TPSA) is 98.7 Å². The fourth-order valence-electron chi connectivity index (χ4n) is 6.20. The van der Waals surface area contributed by atoms with Crippen LogP contribution >= 0.6 is 11.9 Å². The summed E-state index contributed by atoms with van der Waals surface area (Å²) in [6, 6.07) is 27.2. The van der Waals surface area contributed by atoms with Gasteiger partial charge >= 0.3 is 6.09 Å². The zero-order chi connectivity index (χ0) is 31.6. The van der Waals surface area contributed by atoms with Gasteiger partial charge in [-0.1, -0.05) is 79.9 Å². The number of carbonyl (C=O) groups is 1. The van der Waals surface area contributed by atoms with Gasteiger partial charge in [-0.2, -0.15) is 0 Å². The van der Waals surface area contributed by atoms with Gasteiger partial charge in [0.15, 0.2) is 6.29 Å². The second kappa shape index (κ2) is 16.6. The molecular weight excluding hydrogens is 604 g/mol. The number of benzene rings is 3. The summed E-state index contributed by atoms with van der Waals surface area (Å²) in [4.78, 5) is 20.6. The molecule has 0 radical (unpaired) electrons. The highest BCUT2D eigenvalue weighted by atomic mass is 32.2. The number of ether oxygens (including phenoxy) is 4. The van der Waals surface area contributed by atoms with Gasteiger partial charge in [-0.05, 0) is 73.0 Å². The number of nitrogens with zero attached hydrogens (tertiary/aromatic N) is 1. The van der Waals surface area contributed by atoms with Crippen LogP contribution in [0.4, 0.5) is 4.79 Å². The minimum atomic E-state index is -0.945. The number of carbonyl (C=O) groups excluding carboxylic acids is 1. The fraction of sp³-hybridized carbons (Fsp3) is 0.472. The molecule has 6 rings (SSSR count). The van der Waals surface area contributed by atoms with Crippen LogP contribution in [0.1, 0.15) is 49.7 Å². The molecule has 0 bridgehead atoms. The van der Waals surface area contributed by atoms with Crippen molar-refractivity contribution in [3.05, 3.63) is 96.1 Å². The van der Waals surface area contributed by atoms with E-state index in [1.54, 1.807) is 4.47 Å². The molecular formula is C36H44N2O7S. The van der Waals surface area contributed by atoms with Crippen molar-refractivity contribution in [3.8, 4) is 5.75 Å². The largest absolute Gasteiger partial charge is 0.489 e. The number of aliphatic hydroxyl groups is 1. The summed E-state index contributed by atoms with van der Waals surface area (Å²) in [5, 5.41) is 14.6. The normalized spacial score (nSPS) is 22.7. The Morgan fingerprint density at radius 3 is 2.37 bits per heavy atom. The lowest BCUT2D eigenvalue weighted by Gasteiger charge is -2.32. The van der Waals surface area contributed by atoms with Crippen molar-refractivity contribution in [2.75, 3.05) is 19.8 Å². The van der Waals surface area contributed by atoms with E-state index in [4.69, 9.17) is 23.8 Å². The molecule has 2 saturated heterocycles. The van der Waals surface area contributed by atoms with Gasteiger partial charge in [-0.3, -0.25) is 4.84 Å². The van der Waals surface area contributed by atoms with Crippen LogP contribution in [-0.2, 0) is 32.1 Å². The Morgan fingerprint density at radius 2 is 1.63 bits per heavy atom. The molecule has 1 amide bonds. The van der Waals surface area contributed by atoms with Crippen molar-refractivity contribution >= 4 is 18.0 Å². The zero-order valence-electron chi connectivity index (χ0n) is 26.1. The van der Waals surface area contributed by atoms with E-state index in [9.17, 15) is 9.90 Å². The van der Waals surface area contributed by atoms with Gasteiger partial charge in [0.05, 0.1) is 43.9 Å². The van der Waals surface area contributed by atoms with Crippen LogP contribution in [0.25, 0.3) is 0 Å². The predicted molar refractivity (Wildman–Crippen MR) is 175 cm³/mol. The Hall–Kier alpha value is -3.12. The summed E-state index contributed by atoms with van der Waals surface area (Å²) in [6.07, 6.45) is 4.54. The summed E-state index contributed by atoms with van der Waals surface area (Å²) >= 11 is 1.43. The molecule has 2 N–H and O–H groups in total. The van der Waals surface area contributed by atoms with Crippen molar-refractivity contribution in [1.29, 1.82) is 0 Å². The first-order chi connectivity index (χ1) is 22.6. The average Bonchev–Trinajstić information content (AvgIpc) is 3.71. The lowest BCUT2D eigenvalue weighted by Crippen LogP contribution is -2.50. The van der Waals surface area contributed by atoms with Crippen molar-refractivity contribution in [3.63, 3.8) is 0 Å². The molecule has 3 aromatic carbocycles. The van der Waals surface area contributed by atoms with E-state index in [0.29, 0.717) is 26.2 Å². The van der Waals surface area contributed by atoms with Gasteiger partial charge in [0.2, 0.25) is 0 Å². The van der Waals surface area contributed by atoms with Crippen molar-refractivity contribution in [1.82, 2.24) is 9.79 Å². The highest BCUT2D eigenvalue weighted by Gasteiger charge is 2.44. The molecule has 9 nitrogen and oxygen atoms in total. The zero-order valence-corrected chi connectivity index (χ0v) is 26.9. The predicted octanol–water partition coefficient (Wildman–Crippen LogP) is 6.30. The molecule has 0 spiro atoms. The van der Waals surface area contributed by atoms with Crippen LogP contribution < -0.4 is 10.1 Å². The second-order valence-electron chi connectivity index (χ2n) is 12.2. The minimum Gasteiger partial charge on any atom is -0.489 e. The molecule has 5 atom stereocenters. The van der Waals surface area contributed by atoms with Gasteiger partial charge in [-0.15, -0.1) is 4.47 Å². The van der Waals surface area contributed by atoms with Gasteiger partial charge in [0.1, 0.15) is 18.5 Å². The third-order valence-corrected chi connectivity index (χ3v) is 9.67. The van der Waals surface area contributed by atoms with Gasteiger partial charge in [0.25, 0.3) is 0 Å². The molecule has 46 heavy (non-hydrogen) atoms. The molecule has 1 aliphatic carbocycles. The third kappa shape index (κ3) is 9.47. The maximum atomic E-state index is 13.2. The summed E-state index contributed by atoms with van der Waals surface area (Å²) in [7, 11) is 0. The van der Waals surface area contributed by atoms with Crippen LogP contribution in [0.2, 0.25) is 0 Å². The summed E-state index contributed by atoms with van der Waals surface area (Å²) < 4.78 is 24.8. The monoisotopic (exact) mass is 648 g/mol. The van der Waals surface area contributed by atoms with Crippen molar-refractivity contribution in [2.24, 2.45) is 5.92 Å². The first-order valence-corrected chi connectivity index (χ1v) is 17.2. The minimum absolute atomic E-state index is 0.0363. The quantitative estimate of drug-likeness (QED) is 0.154. The Bertz CT molecular complexity index is 1340. The number of hydroxylamine groups is 1. The fourth-order valence-corrected chi connectivity index (χ4v) is 7.08. The Morgan fingerprint density at radius 1 is 0.913 bits per heavy atom. The third-order valence-electron chi connectivity index (χ3n) is 8.74. The lowest BCUT2D eigenvalue weighted by molar-refractivity contribution is -0.149. The lowest BCUT2D eigenvalue weighted by atomic mass is 9.98. The van der Waals surface area contributed by atoms with E-state index in [0.717, 1.165) is 53.9 Å². The summed E-state index contributed by atoms with van der Waals surface area (Å²) in [6.45, 7) is 1.59. The Kier molecular flexibility index (Phi) is 11.9. The van der Waals surface area contributed by atoms with Crippen LogP contribution in [0.3, 0.4) is 0 Å². The van der Waals surface area contributed by atoms with Crippen LogP contribution in [0, 0.1) is 5.92 Å². The van der Waals surface area contributed by atoms with E-state index in [-0.39, 0.29) is 31.0 Å². The number of hydrogen-bond donors (Lipinski definition) is 2. The number of rotatable bonds is 14. The van der Waals surface area contributed by atoms with Crippen LogP contribution in [0.15, 0.2) is 89.8 Å². The molecule has 2 heterocycles. The molecule has 3 aliphatic rings. The van der Waals surface area contributed by atoms with Gasteiger partial charge in [-0.25, -0.2) is 4.79 Å². The molecule has 3 aromatic rings. The molecule has 1 saturated carbocycles. The first-order valence-electron chi connectivity index (χ1n) is 16.4. The number of alkyl carbamates (subject to hydrolysis) is 1. The van der Waals surface area contributed by atoms with E-state index < -0.39 is 18.2 Å². The standard InChI is InChI=1S/C36H44N2O7S/c39-33(32(22-26-10-4-1-5-11-26)37-36(40)44-34-25-43-35-31(34)20-21-41-35)23-38(45-29-14-8-3-9-15-29)46-30-18-16-28(17-19-30)42-24-27-12-6-2-7-13-27/h1-2,4-7,10-13,16-19,29,31-35,39H,3,8-9,14-15,20-25H2,(H,37,40)/t31-,32-,33+,34-,35+/m0/s1. The summed E-state index contributed by atoms with van der Waals surface area (Å²) in [5.74, 6) is 0.816. The Labute approximate surface area is 275 Å². The van der Waals surface area contributed by atoms with E-state index >= 15 is 0 Å². The molecule has 0 aromatic heterocycles. The van der Waals surface area contributed by atoms with E-state index in [2.05, 4.69) is 5.32 Å². The first kappa shape index (κ1) is 32.8. The number of hydrogen-bond acceptors (Lipinski definition) is 9. The SMILES string of the molecule is O=C(N[C@@H](Cc1ccccc1)[C@H](O)CN(OC1CCCCC1)Sc1ccc(OCc2ccccc2)cc1)O[C@H]1CO[C@H]2OCC[C@H]21. The molecule has 10 heteroatoms. The van der Waals surface area contributed by atoms with Crippen molar-refractivity contribution in [2.45, 2.75) is 87.1 Å². The van der Waals surface area contributed by atoms with E-state index in [1.807, 2.05) is 84.9 Å². The average molecular weight is 649 g/mol. The van der Waals surface area contributed by atoms with Crippen LogP contribution in [-0.4, -0.2) is 66.1 Å². The van der Waals surface area contributed by atoms with Gasteiger partial charge in [0, 0.05) is 4.90 Å². The number of aliphatic hydroxyl groups excluding tert-OH is 1. The van der Waals surface area contributed by atoms with Crippen LogP contribution in [0.5, 0.6) is 5.75 Å². The van der Waals surface area contributed by atoms with Gasteiger partial charge < -0.3 is 29.4 Å². The Balaban J connectivity index is 1.11. The number of nitrogens with one attached hydrogen (secondary N) is 1. The molecule has 0 unspecified atom stereocenters. The van der Waals surface area contributed by atoms with E-state index in [1.165, 1.54) is 18.4 Å². The molecule has 246 valence electrons. The highest BCUT2D eigenvalue weighted by Crippen LogP contribution is 2.33. The highest BCUT2D eigenvalue weighted by molar-refractivity contribution is 7.96. The molecule has 3 fully saturated rings. The van der Waals surface area contributed by atoms with Crippen molar-refractivity contribution < 1.29 is 33.7 Å². The molecule has 2 aliphatic heterocycles. The number of fused-ring (bicyclic) bond motifs is 1. The summed E-state index contributed by atoms with van der Waals surface area (Å²) in [5.41, 5.74) is 2.11. The maximum absolute atomic E-state index is 13.2. The second-order valence-corrected chi connectivity index (χ2v) is 13.3. The number of amides is 1. The maximum Gasteiger partial charge on any atom is 0.407 e. The smallest absolute Gasteiger partial charge is 0.407 e.